The number of nitrogens with one attached hydrogen (secondary N) is 2. The Balaban J connectivity index is 2.58. The molecule has 0 bridgehead atoms. The highest BCUT2D eigenvalue weighted by Gasteiger charge is 1.96. The molecule has 0 aromatic carbocycles. The molecule has 0 aliphatic rings. The van der Waals surface area contributed by atoms with Crippen LogP contribution in [-0.4, -0.2) is 11.0 Å². The first-order valence-electron chi connectivity index (χ1n) is 2.91. The summed E-state index contributed by atoms with van der Waals surface area (Å²) in [5, 5.41) is 2.52. The fraction of sp³-hybridized carbons (Fsp3) is 0. The van der Waals surface area contributed by atoms with Gasteiger partial charge >= 0.3 is 6.03 Å². The average Bonchev–Trinajstić information content (AvgIpc) is 2.06. The Morgan fingerprint density at radius 1 is 1.55 bits per heavy atom. The van der Waals surface area contributed by atoms with Crippen LogP contribution in [0.25, 0.3) is 0 Å². The topological polar surface area (TPSA) is 54.0 Å². The Bertz CT molecular complexity index is 239. The number of anilines is 1. The lowest BCUT2D eigenvalue weighted by molar-refractivity contribution is 0.258. The summed E-state index contributed by atoms with van der Waals surface area (Å²) >= 11 is 1.75. The van der Waals surface area contributed by atoms with Gasteiger partial charge in [-0.25, -0.2) is 9.78 Å². The molecule has 11 heavy (non-hydrogen) atoms. The van der Waals surface area contributed by atoms with Gasteiger partial charge in [0, 0.05) is 6.20 Å². The molecule has 0 fully saturated rings. The van der Waals surface area contributed by atoms with Crippen molar-refractivity contribution in [3.8, 4) is 0 Å². The van der Waals surface area contributed by atoms with E-state index in [1.807, 2.05) is 0 Å². The average molecular weight is 263 g/mol. The smallest absolute Gasteiger partial charge is 0.292 e. The van der Waals surface area contributed by atoms with Gasteiger partial charge in [0.2, 0.25) is 0 Å². The van der Waals surface area contributed by atoms with Crippen molar-refractivity contribution in [1.82, 2.24) is 8.51 Å². The highest BCUT2D eigenvalue weighted by Crippen LogP contribution is 1.98. The van der Waals surface area contributed by atoms with Crippen LogP contribution in [0.5, 0.6) is 0 Å². The molecule has 1 aromatic heterocycles. The first-order chi connectivity index (χ1) is 5.33. The van der Waals surface area contributed by atoms with Crippen LogP contribution in [0.2, 0.25) is 0 Å². The zero-order valence-electron chi connectivity index (χ0n) is 5.54. The third-order valence-electron chi connectivity index (χ3n) is 0.992. The Labute approximate surface area is 77.9 Å². The summed E-state index contributed by atoms with van der Waals surface area (Å²) in [5.41, 5.74) is 0. The standard InChI is InChI=1S/C6H6IN3O/c7-10-6(11)9-5-3-1-2-4-8-5/h1-4H,(H2,8,9,10,11). The van der Waals surface area contributed by atoms with Gasteiger partial charge in [0.05, 0.1) is 22.9 Å². The van der Waals surface area contributed by atoms with E-state index < -0.39 is 0 Å². The Morgan fingerprint density at radius 2 is 2.36 bits per heavy atom. The van der Waals surface area contributed by atoms with Crippen molar-refractivity contribution in [3.63, 3.8) is 0 Å². The quantitative estimate of drug-likeness (QED) is 0.596. The van der Waals surface area contributed by atoms with Crippen molar-refractivity contribution >= 4 is 34.7 Å². The van der Waals surface area contributed by atoms with E-state index in [2.05, 4.69) is 13.8 Å². The second-order valence-corrected chi connectivity index (χ2v) is 2.30. The molecule has 4 nitrogen and oxygen atoms in total. The maximum absolute atomic E-state index is 10.7. The molecule has 0 unspecified atom stereocenters. The lowest BCUT2D eigenvalue weighted by Crippen LogP contribution is -2.20. The zero-order valence-corrected chi connectivity index (χ0v) is 7.70. The molecule has 58 valence electrons. The summed E-state index contributed by atoms with van der Waals surface area (Å²) in [7, 11) is 0. The minimum Gasteiger partial charge on any atom is -0.292 e. The highest BCUT2D eigenvalue weighted by molar-refractivity contribution is 14.1. The van der Waals surface area contributed by atoms with Gasteiger partial charge in [0.1, 0.15) is 5.82 Å². The van der Waals surface area contributed by atoms with Gasteiger partial charge in [-0.2, -0.15) is 0 Å². The van der Waals surface area contributed by atoms with Crippen LogP contribution >= 0.6 is 22.9 Å². The summed E-state index contributed by atoms with van der Waals surface area (Å²) in [6.07, 6.45) is 1.61. The lowest BCUT2D eigenvalue weighted by atomic mass is 10.5. The summed E-state index contributed by atoms with van der Waals surface area (Å²) in [4.78, 5) is 14.6. The number of pyridine rings is 1. The van der Waals surface area contributed by atoms with E-state index in [9.17, 15) is 4.79 Å². The Hall–Kier alpha value is -0.850. The van der Waals surface area contributed by atoms with Gasteiger partial charge in [-0.1, -0.05) is 6.07 Å². The molecule has 2 N–H and O–H groups in total. The summed E-state index contributed by atoms with van der Waals surface area (Å²) < 4.78 is 2.39. The van der Waals surface area contributed by atoms with Gasteiger partial charge in [-0.15, -0.1) is 0 Å². The predicted octanol–water partition coefficient (Wildman–Crippen LogP) is 1.55. The van der Waals surface area contributed by atoms with Crippen molar-refractivity contribution in [2.24, 2.45) is 0 Å². The largest absolute Gasteiger partial charge is 0.329 e. The molecular formula is C6H6IN3O. The number of carbonyl (C=O) groups excluding carboxylic acids is 1. The fourth-order valence-electron chi connectivity index (χ4n) is 0.577. The Kier molecular flexibility index (Phi) is 3.09. The number of carbonyl (C=O) groups is 1. The molecule has 0 saturated heterocycles. The number of hydrogen-bond donors (Lipinski definition) is 2. The van der Waals surface area contributed by atoms with Crippen molar-refractivity contribution in [2.75, 3.05) is 5.32 Å². The summed E-state index contributed by atoms with van der Waals surface area (Å²) in [6.45, 7) is 0. The van der Waals surface area contributed by atoms with Crippen molar-refractivity contribution in [1.29, 1.82) is 0 Å². The van der Waals surface area contributed by atoms with Gasteiger partial charge in [-0.05, 0) is 12.1 Å². The van der Waals surface area contributed by atoms with Crippen LogP contribution < -0.4 is 8.85 Å². The second-order valence-electron chi connectivity index (χ2n) is 1.76. The molecule has 0 aliphatic carbocycles. The van der Waals surface area contributed by atoms with Crippen LogP contribution in [0.3, 0.4) is 0 Å². The molecule has 0 spiro atoms. The van der Waals surface area contributed by atoms with E-state index in [0.717, 1.165) is 0 Å². The molecule has 5 heteroatoms. The van der Waals surface area contributed by atoms with Gasteiger partial charge in [0.15, 0.2) is 0 Å². The Morgan fingerprint density at radius 3 is 2.91 bits per heavy atom. The summed E-state index contributed by atoms with van der Waals surface area (Å²) in [5.74, 6) is 0.543. The highest BCUT2D eigenvalue weighted by atomic mass is 127. The van der Waals surface area contributed by atoms with Crippen molar-refractivity contribution in [2.45, 2.75) is 0 Å². The minimum absolute atomic E-state index is 0.274. The third-order valence-corrected chi connectivity index (χ3v) is 1.48. The number of aromatic nitrogens is 1. The van der Waals surface area contributed by atoms with E-state index in [-0.39, 0.29) is 6.03 Å². The van der Waals surface area contributed by atoms with Crippen molar-refractivity contribution in [3.05, 3.63) is 24.4 Å². The van der Waals surface area contributed by atoms with Crippen LogP contribution in [0, 0.1) is 0 Å². The monoisotopic (exact) mass is 263 g/mol. The van der Waals surface area contributed by atoms with Gasteiger partial charge in [0.25, 0.3) is 0 Å². The van der Waals surface area contributed by atoms with Crippen LogP contribution in [0.15, 0.2) is 24.4 Å². The SMILES string of the molecule is O=C(NI)Nc1ccccn1. The maximum atomic E-state index is 10.7. The number of urea groups is 1. The van der Waals surface area contributed by atoms with E-state index in [1.165, 1.54) is 0 Å². The van der Waals surface area contributed by atoms with Gasteiger partial charge < -0.3 is 0 Å². The molecule has 0 aliphatic heterocycles. The third kappa shape index (κ3) is 2.71. The van der Waals surface area contributed by atoms with Crippen LogP contribution in [-0.2, 0) is 0 Å². The normalized spacial score (nSPS) is 8.82. The van der Waals surface area contributed by atoms with E-state index in [0.29, 0.717) is 5.82 Å². The number of rotatable bonds is 1. The first kappa shape index (κ1) is 8.25. The zero-order chi connectivity index (χ0) is 8.10. The number of nitrogens with zero attached hydrogens (tertiary/aromatic N) is 1. The second kappa shape index (κ2) is 4.12. The molecule has 0 radical (unpaired) electrons. The van der Waals surface area contributed by atoms with E-state index >= 15 is 0 Å². The number of halogens is 1. The molecule has 1 aromatic rings. The predicted molar refractivity (Wildman–Crippen MR) is 50.4 cm³/mol. The number of hydrogen-bond acceptors (Lipinski definition) is 2. The minimum atomic E-state index is -0.274. The van der Waals surface area contributed by atoms with Crippen LogP contribution in [0.1, 0.15) is 0 Å². The molecule has 1 rings (SSSR count). The van der Waals surface area contributed by atoms with Crippen molar-refractivity contribution < 1.29 is 4.79 Å². The van der Waals surface area contributed by atoms with E-state index in [4.69, 9.17) is 0 Å². The summed E-state index contributed by atoms with van der Waals surface area (Å²) in [6, 6.07) is 5.03. The molecule has 1 heterocycles. The molecule has 0 saturated carbocycles. The van der Waals surface area contributed by atoms with Crippen LogP contribution in [0.4, 0.5) is 10.6 Å². The number of amides is 2. The maximum Gasteiger partial charge on any atom is 0.329 e. The molecule has 0 atom stereocenters. The van der Waals surface area contributed by atoms with Gasteiger partial charge in [-0.3, -0.25) is 8.85 Å². The van der Waals surface area contributed by atoms with E-state index in [1.54, 1.807) is 47.3 Å². The first-order valence-corrected chi connectivity index (χ1v) is 3.99. The lowest BCUT2D eigenvalue weighted by Gasteiger charge is -1.99. The molecular weight excluding hydrogens is 257 g/mol. The molecule has 2 amide bonds. The fourth-order valence-corrected chi connectivity index (χ4v) is 0.711.